The van der Waals surface area contributed by atoms with Crippen molar-refractivity contribution in [1.29, 1.82) is 0 Å². The van der Waals surface area contributed by atoms with Crippen molar-refractivity contribution in [3.63, 3.8) is 0 Å². The van der Waals surface area contributed by atoms with Gasteiger partial charge in [-0.1, -0.05) is 6.92 Å². The number of aromatic nitrogens is 2. The molecular formula is C20H32N4O2. The van der Waals surface area contributed by atoms with Crippen LogP contribution in [-0.2, 0) is 22.6 Å². The Kier molecular flexibility index (Phi) is 5.06. The lowest BCUT2D eigenvalue weighted by atomic mass is 9.93. The molecule has 0 radical (unpaired) electrons. The second kappa shape index (κ2) is 7.31. The predicted molar refractivity (Wildman–Crippen MR) is 99.6 cm³/mol. The van der Waals surface area contributed by atoms with Crippen LogP contribution in [0.1, 0.15) is 58.2 Å². The van der Waals surface area contributed by atoms with Gasteiger partial charge in [0.1, 0.15) is 11.9 Å². The fourth-order valence-corrected chi connectivity index (χ4v) is 4.88. The van der Waals surface area contributed by atoms with Crippen LogP contribution in [0, 0.1) is 5.41 Å². The highest BCUT2D eigenvalue weighted by atomic mass is 16.5. The zero-order chi connectivity index (χ0) is 18.1. The zero-order valence-corrected chi connectivity index (χ0v) is 16.1. The summed E-state index contributed by atoms with van der Waals surface area (Å²) in [6.07, 6.45) is 10.2. The summed E-state index contributed by atoms with van der Waals surface area (Å²) in [7, 11) is 0. The summed E-state index contributed by atoms with van der Waals surface area (Å²) in [6.45, 7) is 7.89. The van der Waals surface area contributed by atoms with E-state index in [4.69, 9.17) is 4.74 Å². The number of amides is 1. The molecular weight excluding hydrogens is 328 g/mol. The average Bonchev–Trinajstić information content (AvgIpc) is 3.07. The van der Waals surface area contributed by atoms with Crippen molar-refractivity contribution in [3.8, 4) is 0 Å². The molecule has 2 aliphatic heterocycles. The second-order valence-corrected chi connectivity index (χ2v) is 8.16. The van der Waals surface area contributed by atoms with E-state index in [1.807, 2.05) is 12.4 Å². The average molecular weight is 361 g/mol. The molecule has 1 saturated carbocycles. The highest BCUT2D eigenvalue weighted by molar-refractivity contribution is 5.82. The molecule has 6 heteroatoms. The van der Waals surface area contributed by atoms with Crippen LogP contribution in [0.3, 0.4) is 0 Å². The van der Waals surface area contributed by atoms with Crippen LogP contribution < -0.4 is 5.32 Å². The van der Waals surface area contributed by atoms with Gasteiger partial charge < -0.3 is 19.5 Å². The Bertz CT molecular complexity index is 638. The zero-order valence-electron chi connectivity index (χ0n) is 16.1. The van der Waals surface area contributed by atoms with Gasteiger partial charge in [-0.15, -0.1) is 0 Å². The van der Waals surface area contributed by atoms with Crippen molar-refractivity contribution in [3.05, 3.63) is 18.2 Å². The van der Waals surface area contributed by atoms with Gasteiger partial charge in [0.2, 0.25) is 0 Å². The number of rotatable bonds is 6. The number of hydrogen-bond acceptors (Lipinski definition) is 4. The smallest absolute Gasteiger partial charge is 0.252 e. The molecule has 6 nitrogen and oxygen atoms in total. The molecule has 3 atom stereocenters. The first-order chi connectivity index (χ1) is 12.7. The molecule has 144 valence electrons. The van der Waals surface area contributed by atoms with E-state index in [0.717, 1.165) is 51.1 Å². The van der Waals surface area contributed by atoms with E-state index in [9.17, 15) is 4.79 Å². The molecule has 0 bridgehead atoms. The van der Waals surface area contributed by atoms with Crippen LogP contribution in [0.4, 0.5) is 0 Å². The van der Waals surface area contributed by atoms with E-state index < -0.39 is 0 Å². The third kappa shape index (κ3) is 3.29. The molecule has 1 N–H and O–H groups in total. The van der Waals surface area contributed by atoms with Crippen molar-refractivity contribution in [2.75, 3.05) is 13.1 Å². The predicted octanol–water partition coefficient (Wildman–Crippen LogP) is 2.33. The summed E-state index contributed by atoms with van der Waals surface area (Å²) >= 11 is 0. The van der Waals surface area contributed by atoms with Crippen molar-refractivity contribution in [1.82, 2.24) is 19.8 Å². The number of nitrogens with one attached hydrogen (secondary N) is 1. The maximum atomic E-state index is 13.4. The van der Waals surface area contributed by atoms with Gasteiger partial charge in [-0.3, -0.25) is 4.79 Å². The molecule has 0 unspecified atom stereocenters. The van der Waals surface area contributed by atoms with E-state index in [-0.39, 0.29) is 18.1 Å². The van der Waals surface area contributed by atoms with E-state index >= 15 is 0 Å². The largest absolute Gasteiger partial charge is 0.365 e. The minimum Gasteiger partial charge on any atom is -0.365 e. The second-order valence-electron chi connectivity index (χ2n) is 8.16. The Balaban J connectivity index is 1.53. The molecule has 3 heterocycles. The molecule has 4 rings (SSSR count). The summed E-state index contributed by atoms with van der Waals surface area (Å²) in [5.74, 6) is 1.17. The maximum absolute atomic E-state index is 13.4. The van der Waals surface area contributed by atoms with Crippen molar-refractivity contribution < 1.29 is 9.53 Å². The fraction of sp³-hybridized carbons (Fsp3) is 0.800. The molecule has 1 spiro atoms. The number of nitrogens with zero attached hydrogens (tertiary/aromatic N) is 3. The Labute approximate surface area is 156 Å². The van der Waals surface area contributed by atoms with E-state index in [0.29, 0.717) is 18.0 Å². The van der Waals surface area contributed by atoms with Crippen molar-refractivity contribution in [2.45, 2.75) is 83.7 Å². The Hall–Kier alpha value is -1.40. The van der Waals surface area contributed by atoms with E-state index in [1.165, 1.54) is 12.8 Å². The summed E-state index contributed by atoms with van der Waals surface area (Å²) in [5, 5.41) is 3.46. The quantitative estimate of drug-likeness (QED) is 0.846. The van der Waals surface area contributed by atoms with Crippen molar-refractivity contribution >= 4 is 5.91 Å². The number of ether oxygens (including phenoxy) is 1. The third-order valence-electron chi connectivity index (χ3n) is 6.70. The summed E-state index contributed by atoms with van der Waals surface area (Å²) in [5.41, 5.74) is 0.327. The maximum Gasteiger partial charge on any atom is 0.252 e. The minimum atomic E-state index is -0.260. The van der Waals surface area contributed by atoms with Crippen LogP contribution >= 0.6 is 0 Å². The molecule has 3 aliphatic rings. The monoisotopic (exact) mass is 360 g/mol. The number of carbonyl (C=O) groups excluding carboxylic acids is 1. The topological polar surface area (TPSA) is 59.4 Å². The van der Waals surface area contributed by atoms with Crippen LogP contribution in [0.25, 0.3) is 0 Å². The Morgan fingerprint density at radius 1 is 1.38 bits per heavy atom. The highest BCUT2D eigenvalue weighted by Gasteiger charge is 2.58. The van der Waals surface area contributed by atoms with Crippen LogP contribution in [0.5, 0.6) is 0 Å². The van der Waals surface area contributed by atoms with Gasteiger partial charge >= 0.3 is 0 Å². The molecule has 3 fully saturated rings. The van der Waals surface area contributed by atoms with Crippen LogP contribution in [0.15, 0.2) is 12.4 Å². The van der Waals surface area contributed by atoms with Gasteiger partial charge in [0, 0.05) is 25.0 Å². The normalized spacial score (nSPS) is 29.8. The number of carbonyl (C=O) groups is 1. The highest BCUT2D eigenvalue weighted by Crippen LogP contribution is 2.56. The minimum absolute atomic E-state index is 0.187. The molecule has 1 aromatic heterocycles. The first-order valence-corrected chi connectivity index (χ1v) is 10.3. The van der Waals surface area contributed by atoms with Crippen LogP contribution in [-0.4, -0.2) is 51.7 Å². The first kappa shape index (κ1) is 18.0. The molecule has 1 aromatic rings. The molecule has 0 aromatic carbocycles. The van der Waals surface area contributed by atoms with Gasteiger partial charge in [-0.25, -0.2) is 4.98 Å². The summed E-state index contributed by atoms with van der Waals surface area (Å²) in [6, 6.07) is 0.350. The number of imidazole rings is 1. The lowest BCUT2D eigenvalue weighted by Crippen LogP contribution is -2.44. The van der Waals surface area contributed by atoms with Gasteiger partial charge in [0.15, 0.2) is 0 Å². The molecule has 26 heavy (non-hydrogen) atoms. The standard InChI is InChI=1S/C20H32N4O2/c1-3-15-5-6-16(26-15)19(25)24(14-18-22-11-12-23(18)4-2)17-13-20(17)7-9-21-10-8-20/h11-12,15-17,21H,3-10,13-14H2,1-2H3/t15-,16-,17+/m1/s1. The Morgan fingerprint density at radius 3 is 2.88 bits per heavy atom. The first-order valence-electron chi connectivity index (χ1n) is 10.3. The lowest BCUT2D eigenvalue weighted by Gasteiger charge is -2.31. The fourth-order valence-electron chi connectivity index (χ4n) is 4.88. The van der Waals surface area contributed by atoms with Gasteiger partial charge in [0.25, 0.3) is 5.91 Å². The van der Waals surface area contributed by atoms with E-state index in [1.54, 1.807) is 0 Å². The number of aryl methyl sites for hydroxylation is 1. The number of hydrogen-bond donors (Lipinski definition) is 1. The summed E-state index contributed by atoms with van der Waals surface area (Å²) < 4.78 is 8.19. The molecule has 1 aliphatic carbocycles. The van der Waals surface area contributed by atoms with Gasteiger partial charge in [-0.05, 0) is 64.0 Å². The lowest BCUT2D eigenvalue weighted by molar-refractivity contribution is -0.145. The van der Waals surface area contributed by atoms with Gasteiger partial charge in [-0.2, -0.15) is 0 Å². The van der Waals surface area contributed by atoms with Crippen LogP contribution in [0.2, 0.25) is 0 Å². The Morgan fingerprint density at radius 2 is 2.19 bits per heavy atom. The summed E-state index contributed by atoms with van der Waals surface area (Å²) in [4.78, 5) is 20.0. The van der Waals surface area contributed by atoms with Crippen molar-refractivity contribution in [2.24, 2.45) is 5.41 Å². The van der Waals surface area contributed by atoms with E-state index in [2.05, 4.69) is 33.6 Å². The third-order valence-corrected chi connectivity index (χ3v) is 6.70. The van der Waals surface area contributed by atoms with Gasteiger partial charge in [0.05, 0.1) is 12.6 Å². The molecule has 1 amide bonds. The number of piperidine rings is 1. The molecule has 2 saturated heterocycles. The SMILES string of the molecule is CC[C@@H]1CC[C@H](C(=O)N(Cc2nccn2CC)[C@H]2CC23CCNCC3)O1.